The van der Waals surface area contributed by atoms with Crippen LogP contribution in [-0.2, 0) is 0 Å². The van der Waals surface area contributed by atoms with Gasteiger partial charge in [0.2, 0.25) is 0 Å². The molecular formula is C48H41N3S2Te2. The topological polar surface area (TPSA) is 29.0 Å². The number of anilines is 3. The molecule has 0 aliphatic carbocycles. The van der Waals surface area contributed by atoms with E-state index in [-0.39, 0.29) is 0 Å². The van der Waals surface area contributed by atoms with Gasteiger partial charge in [0, 0.05) is 0 Å². The third kappa shape index (κ3) is 6.48. The van der Waals surface area contributed by atoms with Gasteiger partial charge in [-0.3, -0.25) is 0 Å². The van der Waals surface area contributed by atoms with Gasteiger partial charge < -0.3 is 0 Å². The van der Waals surface area contributed by atoms with Crippen molar-refractivity contribution in [2.24, 2.45) is 0 Å². The zero-order chi connectivity index (χ0) is 38.1. The molecule has 0 N–H and O–H groups in total. The molecule has 0 saturated heterocycles. The third-order valence-electron chi connectivity index (χ3n) is 10.7. The molecule has 9 rings (SSSR count). The molecule has 3 aromatic carbocycles. The van der Waals surface area contributed by atoms with E-state index in [1.165, 1.54) is 106 Å². The van der Waals surface area contributed by atoms with Crippen molar-refractivity contribution in [1.82, 2.24) is 9.97 Å². The average Bonchev–Trinajstić information content (AvgIpc) is 3.95. The van der Waals surface area contributed by atoms with Crippen LogP contribution in [0.15, 0.2) is 103 Å². The van der Waals surface area contributed by atoms with E-state index in [4.69, 9.17) is 9.97 Å². The summed E-state index contributed by atoms with van der Waals surface area (Å²) < 4.78 is 8.40. The second-order valence-corrected chi connectivity index (χ2v) is 23.9. The summed E-state index contributed by atoms with van der Waals surface area (Å²) in [5, 5.41) is 2.56. The van der Waals surface area contributed by atoms with Crippen molar-refractivity contribution >= 4 is 101 Å². The predicted molar refractivity (Wildman–Crippen MR) is 241 cm³/mol. The molecule has 7 heteroatoms. The molecule has 0 fully saturated rings. The number of aryl methyl sites for hydroxylation is 8. The number of para-hydroxylation sites is 1. The van der Waals surface area contributed by atoms with Crippen LogP contribution in [0.5, 0.6) is 0 Å². The first-order valence-electron chi connectivity index (χ1n) is 18.6. The minimum absolute atomic E-state index is 0.655. The second-order valence-electron chi connectivity index (χ2n) is 14.6. The summed E-state index contributed by atoms with van der Waals surface area (Å²) in [6, 6.07) is 34.0. The van der Waals surface area contributed by atoms with E-state index in [1.807, 2.05) is 35.1 Å². The molecule has 6 heterocycles. The van der Waals surface area contributed by atoms with E-state index in [9.17, 15) is 0 Å². The Bertz CT molecular complexity index is 2710. The number of pyridine rings is 2. The zero-order valence-electron chi connectivity index (χ0n) is 32.3. The molecule has 0 unspecified atom stereocenters. The van der Waals surface area contributed by atoms with Crippen molar-refractivity contribution in [2.75, 3.05) is 4.90 Å². The third-order valence-corrected chi connectivity index (χ3v) is 19.0. The van der Waals surface area contributed by atoms with Crippen molar-refractivity contribution < 1.29 is 0 Å². The standard InChI is InChI=1S/C48H41N3S2Te2/c1-26-12-9-13-27(2)42(26)38-22-34-18-20-49-44(47(34)52-38)40-24-36(32(7)54-40)51(46-30(5)16-11-17-31(46)6)37-25-41(55-33(37)8)45-48-35(19-21-50-45)23-39(53-48)43-28(3)14-10-15-29(43)4/h9-25H,1-8H3. The van der Waals surface area contributed by atoms with Gasteiger partial charge in [0.1, 0.15) is 0 Å². The Balaban J connectivity index is 1.19. The van der Waals surface area contributed by atoms with Crippen LogP contribution >= 0.6 is 22.7 Å². The number of benzene rings is 3. The normalized spacial score (nSPS) is 11.6. The van der Waals surface area contributed by atoms with E-state index in [2.05, 4.69) is 151 Å². The fraction of sp³-hybridized carbons (Fsp3) is 0.167. The maximum absolute atomic E-state index is 5.11. The summed E-state index contributed by atoms with van der Waals surface area (Å²) in [4.78, 5) is 15.5. The first kappa shape index (κ1) is 36.8. The molecule has 0 saturated carbocycles. The molecule has 6 aromatic heterocycles. The van der Waals surface area contributed by atoms with Crippen molar-refractivity contribution in [3.8, 4) is 39.4 Å². The average molecular weight is 979 g/mol. The van der Waals surface area contributed by atoms with E-state index in [1.54, 1.807) is 0 Å². The molecule has 0 atom stereocenters. The summed E-state index contributed by atoms with van der Waals surface area (Å²) in [7, 11) is 0. The fourth-order valence-electron chi connectivity index (χ4n) is 8.08. The molecule has 0 bridgehead atoms. The van der Waals surface area contributed by atoms with Gasteiger partial charge in [0.25, 0.3) is 0 Å². The number of hydrogen-bond donors (Lipinski definition) is 0. The quantitative estimate of drug-likeness (QED) is 0.149. The molecular weight excluding hydrogens is 938 g/mol. The van der Waals surface area contributed by atoms with Crippen molar-refractivity contribution in [1.29, 1.82) is 0 Å². The zero-order valence-corrected chi connectivity index (χ0v) is 38.6. The summed E-state index contributed by atoms with van der Waals surface area (Å²) in [6.07, 6.45) is 4.02. The molecule has 0 aliphatic heterocycles. The Morgan fingerprint density at radius 1 is 0.473 bits per heavy atom. The molecule has 272 valence electrons. The van der Waals surface area contributed by atoms with Gasteiger partial charge in [-0.2, -0.15) is 0 Å². The van der Waals surface area contributed by atoms with E-state index < -0.39 is 40.9 Å². The van der Waals surface area contributed by atoms with Crippen LogP contribution in [0.3, 0.4) is 0 Å². The van der Waals surface area contributed by atoms with E-state index >= 15 is 0 Å². The van der Waals surface area contributed by atoms with Crippen LogP contribution in [-0.4, -0.2) is 50.8 Å². The summed E-state index contributed by atoms with van der Waals surface area (Å²) in [5.74, 6) is 0. The van der Waals surface area contributed by atoms with Crippen molar-refractivity contribution in [2.45, 2.75) is 55.4 Å². The Hall–Kier alpha value is -3.78. The molecule has 3 nitrogen and oxygen atoms in total. The SMILES string of the molecule is Cc1cccc(C)c1-c1cc2ccnc(-c3cc(N(c4cc(-c5nccc6cc(-c7c(C)cccc7C)sc56)[te]c4C)c4c(C)cccc4C)c(C)[te]3)c2s1. The van der Waals surface area contributed by atoms with Crippen LogP contribution in [0.25, 0.3) is 59.6 Å². The number of thiophene rings is 2. The Morgan fingerprint density at radius 2 is 0.855 bits per heavy atom. The molecule has 0 spiro atoms. The molecule has 0 aliphatic rings. The van der Waals surface area contributed by atoms with Gasteiger partial charge in [-0.15, -0.1) is 0 Å². The first-order chi connectivity index (χ1) is 26.6. The summed E-state index contributed by atoms with van der Waals surface area (Å²) in [6.45, 7) is 18.2. The van der Waals surface area contributed by atoms with Gasteiger partial charge in [0.15, 0.2) is 0 Å². The van der Waals surface area contributed by atoms with E-state index in [0.717, 1.165) is 11.4 Å². The number of rotatable bonds is 7. The number of fused-ring (bicyclic) bond motifs is 2. The summed E-state index contributed by atoms with van der Waals surface area (Å²) >= 11 is 2.48. The fourth-order valence-corrected chi connectivity index (χ4v) is 16.9. The van der Waals surface area contributed by atoms with Crippen LogP contribution in [0.4, 0.5) is 17.1 Å². The van der Waals surface area contributed by atoms with Gasteiger partial charge in [-0.1, -0.05) is 0 Å². The van der Waals surface area contributed by atoms with Crippen LogP contribution in [0.2, 0.25) is 0 Å². The van der Waals surface area contributed by atoms with Gasteiger partial charge in [0.05, 0.1) is 0 Å². The van der Waals surface area contributed by atoms with E-state index in [0.29, 0.717) is 0 Å². The Morgan fingerprint density at radius 3 is 1.25 bits per heavy atom. The first-order valence-corrected chi connectivity index (χ1v) is 24.8. The van der Waals surface area contributed by atoms with Crippen LogP contribution in [0, 0.1) is 55.4 Å². The monoisotopic (exact) mass is 983 g/mol. The number of aromatic nitrogens is 2. The van der Waals surface area contributed by atoms with Crippen LogP contribution in [0.1, 0.15) is 40.5 Å². The Labute approximate surface area is 351 Å². The number of hydrogen-bond acceptors (Lipinski definition) is 5. The van der Waals surface area contributed by atoms with Crippen molar-refractivity contribution in [3.05, 3.63) is 144 Å². The van der Waals surface area contributed by atoms with Gasteiger partial charge in [-0.25, -0.2) is 0 Å². The van der Waals surface area contributed by atoms with Crippen molar-refractivity contribution in [3.63, 3.8) is 0 Å². The molecule has 0 radical (unpaired) electrons. The molecule has 55 heavy (non-hydrogen) atoms. The molecule has 0 amide bonds. The Kier molecular flexibility index (Phi) is 9.79. The van der Waals surface area contributed by atoms with Crippen LogP contribution < -0.4 is 4.90 Å². The minimum atomic E-state index is -0.655. The maximum atomic E-state index is 5.11. The number of nitrogens with zero attached hydrogens (tertiary/aromatic N) is 3. The second kappa shape index (κ2) is 14.6. The molecule has 9 aromatic rings. The predicted octanol–water partition coefficient (Wildman–Crippen LogP) is 13.6. The summed E-state index contributed by atoms with van der Waals surface area (Å²) in [5.41, 5.74) is 16.8. The van der Waals surface area contributed by atoms with Gasteiger partial charge >= 0.3 is 354 Å². The van der Waals surface area contributed by atoms with Gasteiger partial charge in [-0.05, 0) is 0 Å².